The van der Waals surface area contributed by atoms with Gasteiger partial charge in [0.25, 0.3) is 0 Å². The van der Waals surface area contributed by atoms with Crippen LogP contribution in [0.25, 0.3) is 0 Å². The van der Waals surface area contributed by atoms with E-state index in [2.05, 4.69) is 0 Å². The summed E-state index contributed by atoms with van der Waals surface area (Å²) in [5, 5.41) is 0. The third-order valence-electron chi connectivity index (χ3n) is 1.92. The lowest BCUT2D eigenvalue weighted by Crippen LogP contribution is -2.36. The molecule has 0 atom stereocenters. The van der Waals surface area contributed by atoms with Crippen molar-refractivity contribution in [1.29, 1.82) is 0 Å². The molecular formula is C8H12F3N. The molecule has 1 rings (SSSR count). The van der Waals surface area contributed by atoms with Crippen molar-refractivity contribution in [2.75, 3.05) is 19.6 Å². The summed E-state index contributed by atoms with van der Waals surface area (Å²) in [6.45, 7) is 2.13. The Morgan fingerprint density at radius 1 is 1.50 bits per heavy atom. The summed E-state index contributed by atoms with van der Waals surface area (Å²) in [5.74, 6) is 0. The SMILES string of the molecule is CC1=CCN(CC(F)(F)F)CC1. The van der Waals surface area contributed by atoms with Crippen LogP contribution in [0.5, 0.6) is 0 Å². The third kappa shape index (κ3) is 3.26. The van der Waals surface area contributed by atoms with Crippen molar-refractivity contribution in [2.24, 2.45) is 0 Å². The fourth-order valence-corrected chi connectivity index (χ4v) is 1.21. The molecule has 0 spiro atoms. The minimum absolute atomic E-state index is 0.436. The van der Waals surface area contributed by atoms with Gasteiger partial charge in [0, 0.05) is 13.1 Å². The fourth-order valence-electron chi connectivity index (χ4n) is 1.21. The first-order valence-electron chi connectivity index (χ1n) is 3.92. The first-order chi connectivity index (χ1) is 5.47. The molecule has 0 saturated carbocycles. The van der Waals surface area contributed by atoms with Crippen LogP contribution in [-0.2, 0) is 0 Å². The van der Waals surface area contributed by atoms with Crippen LogP contribution >= 0.6 is 0 Å². The lowest BCUT2D eigenvalue weighted by molar-refractivity contribution is -0.145. The maximum Gasteiger partial charge on any atom is 0.401 e. The van der Waals surface area contributed by atoms with E-state index in [1.54, 1.807) is 0 Å². The van der Waals surface area contributed by atoms with Crippen LogP contribution in [0.3, 0.4) is 0 Å². The van der Waals surface area contributed by atoms with Gasteiger partial charge in [-0.15, -0.1) is 0 Å². The van der Waals surface area contributed by atoms with E-state index in [-0.39, 0.29) is 0 Å². The molecule has 0 aliphatic carbocycles. The average molecular weight is 179 g/mol. The molecule has 0 aromatic carbocycles. The maximum atomic E-state index is 11.9. The second kappa shape index (κ2) is 3.47. The maximum absolute atomic E-state index is 11.9. The lowest BCUT2D eigenvalue weighted by atomic mass is 10.1. The molecule has 0 unspecified atom stereocenters. The van der Waals surface area contributed by atoms with E-state index in [0.29, 0.717) is 13.1 Å². The fraction of sp³-hybridized carbons (Fsp3) is 0.750. The highest BCUT2D eigenvalue weighted by atomic mass is 19.4. The van der Waals surface area contributed by atoms with Crippen molar-refractivity contribution in [2.45, 2.75) is 19.5 Å². The van der Waals surface area contributed by atoms with Crippen molar-refractivity contribution >= 4 is 0 Å². The summed E-state index contributed by atoms with van der Waals surface area (Å²) in [6.07, 6.45) is -1.44. The Labute approximate surface area is 69.9 Å². The molecule has 0 radical (unpaired) electrons. The highest BCUT2D eigenvalue weighted by Crippen LogP contribution is 2.19. The predicted octanol–water partition coefficient (Wildman–Crippen LogP) is 2.20. The molecule has 0 bridgehead atoms. The molecule has 12 heavy (non-hydrogen) atoms. The van der Waals surface area contributed by atoms with Gasteiger partial charge >= 0.3 is 6.18 Å². The highest BCUT2D eigenvalue weighted by molar-refractivity contribution is 5.03. The highest BCUT2D eigenvalue weighted by Gasteiger charge is 2.30. The molecule has 0 saturated heterocycles. The van der Waals surface area contributed by atoms with E-state index < -0.39 is 12.7 Å². The minimum Gasteiger partial charge on any atom is -0.291 e. The van der Waals surface area contributed by atoms with E-state index in [1.807, 2.05) is 13.0 Å². The third-order valence-corrected chi connectivity index (χ3v) is 1.92. The number of alkyl halides is 3. The van der Waals surface area contributed by atoms with Gasteiger partial charge in [-0.1, -0.05) is 11.6 Å². The van der Waals surface area contributed by atoms with Crippen molar-refractivity contribution in [3.8, 4) is 0 Å². The van der Waals surface area contributed by atoms with Gasteiger partial charge in [0.2, 0.25) is 0 Å². The summed E-state index contributed by atoms with van der Waals surface area (Å²) in [6, 6.07) is 0. The van der Waals surface area contributed by atoms with Crippen LogP contribution in [-0.4, -0.2) is 30.7 Å². The molecule has 1 heterocycles. The molecule has 0 fully saturated rings. The molecule has 0 aromatic rings. The molecule has 0 aromatic heterocycles. The van der Waals surface area contributed by atoms with Gasteiger partial charge in [0.1, 0.15) is 0 Å². The summed E-state index contributed by atoms with van der Waals surface area (Å²) in [5.41, 5.74) is 1.19. The molecule has 1 nitrogen and oxygen atoms in total. The number of nitrogens with zero attached hydrogens (tertiary/aromatic N) is 1. The van der Waals surface area contributed by atoms with Gasteiger partial charge in [-0.2, -0.15) is 13.2 Å². The zero-order valence-electron chi connectivity index (χ0n) is 6.99. The van der Waals surface area contributed by atoms with E-state index in [9.17, 15) is 13.2 Å². The number of rotatable bonds is 1. The van der Waals surface area contributed by atoms with Crippen LogP contribution in [0.2, 0.25) is 0 Å². The van der Waals surface area contributed by atoms with Crippen LogP contribution in [0, 0.1) is 0 Å². The Bertz CT molecular complexity index is 183. The van der Waals surface area contributed by atoms with Gasteiger partial charge in [-0.05, 0) is 13.3 Å². The predicted molar refractivity (Wildman–Crippen MR) is 40.9 cm³/mol. The molecule has 1 aliphatic rings. The normalized spacial score (nSPS) is 20.8. The largest absolute Gasteiger partial charge is 0.401 e. The van der Waals surface area contributed by atoms with E-state index in [1.165, 1.54) is 10.5 Å². The monoisotopic (exact) mass is 179 g/mol. The van der Waals surface area contributed by atoms with Crippen molar-refractivity contribution in [1.82, 2.24) is 4.90 Å². The smallest absolute Gasteiger partial charge is 0.291 e. The number of halogens is 3. The summed E-state index contributed by atoms with van der Waals surface area (Å²) >= 11 is 0. The Hall–Kier alpha value is -0.510. The molecular weight excluding hydrogens is 167 g/mol. The van der Waals surface area contributed by atoms with Crippen molar-refractivity contribution in [3.63, 3.8) is 0 Å². The van der Waals surface area contributed by atoms with E-state index in [4.69, 9.17) is 0 Å². The standard InChI is InChI=1S/C8H12F3N/c1-7-2-4-12(5-3-7)6-8(9,10)11/h2H,3-6H2,1H3. The molecule has 1 aliphatic heterocycles. The second-order valence-corrected chi connectivity index (χ2v) is 3.15. The Balaban J connectivity index is 2.37. The quantitative estimate of drug-likeness (QED) is 0.558. The first kappa shape index (κ1) is 9.58. The number of hydrogen-bond acceptors (Lipinski definition) is 1. The zero-order chi connectivity index (χ0) is 9.19. The Morgan fingerprint density at radius 3 is 2.58 bits per heavy atom. The summed E-state index contributed by atoms with van der Waals surface area (Å²) in [7, 11) is 0. The second-order valence-electron chi connectivity index (χ2n) is 3.15. The lowest BCUT2D eigenvalue weighted by Gasteiger charge is -2.25. The Morgan fingerprint density at radius 2 is 2.17 bits per heavy atom. The van der Waals surface area contributed by atoms with Gasteiger partial charge in [-0.3, -0.25) is 4.90 Å². The molecule has 4 heteroatoms. The van der Waals surface area contributed by atoms with E-state index in [0.717, 1.165) is 6.42 Å². The topological polar surface area (TPSA) is 3.24 Å². The van der Waals surface area contributed by atoms with Crippen molar-refractivity contribution in [3.05, 3.63) is 11.6 Å². The number of hydrogen-bond donors (Lipinski definition) is 0. The molecule has 70 valence electrons. The Kier molecular flexibility index (Phi) is 2.77. The first-order valence-corrected chi connectivity index (χ1v) is 3.92. The molecule has 0 N–H and O–H groups in total. The van der Waals surface area contributed by atoms with Crippen LogP contribution in [0.15, 0.2) is 11.6 Å². The van der Waals surface area contributed by atoms with Crippen LogP contribution < -0.4 is 0 Å². The van der Waals surface area contributed by atoms with Gasteiger partial charge in [0.05, 0.1) is 6.54 Å². The minimum atomic E-state index is -4.06. The van der Waals surface area contributed by atoms with Gasteiger partial charge in [0.15, 0.2) is 0 Å². The van der Waals surface area contributed by atoms with E-state index >= 15 is 0 Å². The summed E-state index contributed by atoms with van der Waals surface area (Å²) < 4.78 is 35.6. The zero-order valence-corrected chi connectivity index (χ0v) is 6.99. The van der Waals surface area contributed by atoms with Crippen LogP contribution in [0.1, 0.15) is 13.3 Å². The summed E-state index contributed by atoms with van der Waals surface area (Å²) in [4.78, 5) is 1.41. The van der Waals surface area contributed by atoms with Crippen LogP contribution in [0.4, 0.5) is 13.2 Å². The average Bonchev–Trinajstić information content (AvgIpc) is 1.91. The van der Waals surface area contributed by atoms with Gasteiger partial charge < -0.3 is 0 Å². The van der Waals surface area contributed by atoms with Gasteiger partial charge in [-0.25, -0.2) is 0 Å². The molecule has 0 amide bonds. The van der Waals surface area contributed by atoms with Crippen molar-refractivity contribution < 1.29 is 13.2 Å².